The van der Waals surface area contributed by atoms with Crippen molar-refractivity contribution in [2.45, 2.75) is 11.3 Å². The van der Waals surface area contributed by atoms with Crippen LogP contribution in [0.25, 0.3) is 10.2 Å². The quantitative estimate of drug-likeness (QED) is 0.596. The number of ketones is 1. The van der Waals surface area contributed by atoms with E-state index >= 15 is 0 Å². The highest BCUT2D eigenvalue weighted by Crippen LogP contribution is 2.32. The van der Waals surface area contributed by atoms with Crippen molar-refractivity contribution in [3.8, 4) is 11.5 Å². The lowest BCUT2D eigenvalue weighted by atomic mass is 10.2. The summed E-state index contributed by atoms with van der Waals surface area (Å²) in [7, 11) is 3.07. The first-order chi connectivity index (χ1) is 13.0. The Morgan fingerprint density at radius 1 is 1.11 bits per heavy atom. The second-order valence-electron chi connectivity index (χ2n) is 5.68. The Labute approximate surface area is 164 Å². The van der Waals surface area contributed by atoms with Crippen molar-refractivity contribution in [3.63, 3.8) is 0 Å². The molecule has 27 heavy (non-hydrogen) atoms. The fraction of sp³-hybridized carbons (Fsp3) is 0.211. The topological polar surface area (TPSA) is 77.5 Å². The van der Waals surface area contributed by atoms with Gasteiger partial charge in [0.2, 0.25) is 0 Å². The molecule has 1 N–H and O–H groups in total. The molecule has 0 atom stereocenters. The van der Waals surface area contributed by atoms with Crippen LogP contribution in [0.15, 0.2) is 40.7 Å². The minimum Gasteiger partial charge on any atom is -0.493 e. The molecule has 0 saturated heterocycles. The molecule has 3 rings (SSSR count). The fourth-order valence-corrected chi connectivity index (χ4v) is 4.29. The number of Topliss-reactive ketones (excluding diaryl/α,β-unsaturated/α-hetero) is 1. The number of thioether (sulfide) groups is 1. The number of carbonyl (C=O) groups excluding carboxylic acids is 2. The Balaban J connectivity index is 1.77. The minimum absolute atomic E-state index is 0.113. The molecule has 140 valence electrons. The van der Waals surface area contributed by atoms with E-state index in [0.717, 1.165) is 14.6 Å². The normalized spacial score (nSPS) is 10.6. The highest BCUT2D eigenvalue weighted by molar-refractivity contribution is 8.01. The number of benzene rings is 2. The number of amides is 1. The first-order valence-corrected chi connectivity index (χ1v) is 9.86. The van der Waals surface area contributed by atoms with Gasteiger partial charge in [-0.15, -0.1) is 11.3 Å². The summed E-state index contributed by atoms with van der Waals surface area (Å²) in [5.41, 5.74) is 1.99. The molecule has 8 heteroatoms. The Morgan fingerprint density at radius 3 is 2.59 bits per heavy atom. The van der Waals surface area contributed by atoms with Crippen molar-refractivity contribution in [1.29, 1.82) is 0 Å². The maximum Gasteiger partial charge on any atom is 0.255 e. The number of aromatic nitrogens is 1. The molecular weight excluding hydrogens is 384 g/mol. The van der Waals surface area contributed by atoms with Gasteiger partial charge in [0.25, 0.3) is 5.91 Å². The van der Waals surface area contributed by atoms with Gasteiger partial charge >= 0.3 is 0 Å². The lowest BCUT2D eigenvalue weighted by molar-refractivity contribution is -0.114. The van der Waals surface area contributed by atoms with Crippen molar-refractivity contribution in [1.82, 2.24) is 4.98 Å². The smallest absolute Gasteiger partial charge is 0.255 e. The van der Waals surface area contributed by atoms with Crippen LogP contribution < -0.4 is 14.8 Å². The Kier molecular flexibility index (Phi) is 5.98. The molecule has 3 aromatic rings. The number of nitrogens with one attached hydrogen (secondary N) is 1. The molecule has 1 aromatic heterocycles. The number of carbonyl (C=O) groups is 2. The third-order valence-electron chi connectivity index (χ3n) is 3.67. The zero-order chi connectivity index (χ0) is 19.4. The summed E-state index contributed by atoms with van der Waals surface area (Å²) in [6, 6.07) is 10.5. The predicted molar refractivity (Wildman–Crippen MR) is 109 cm³/mol. The van der Waals surface area contributed by atoms with E-state index in [4.69, 9.17) is 9.47 Å². The van der Waals surface area contributed by atoms with Gasteiger partial charge in [0.15, 0.2) is 15.8 Å². The van der Waals surface area contributed by atoms with Crippen LogP contribution in [-0.2, 0) is 4.79 Å². The largest absolute Gasteiger partial charge is 0.493 e. The molecule has 2 aromatic carbocycles. The van der Waals surface area contributed by atoms with Gasteiger partial charge in [-0.25, -0.2) is 4.98 Å². The highest BCUT2D eigenvalue weighted by Gasteiger charge is 2.12. The molecule has 0 unspecified atom stereocenters. The summed E-state index contributed by atoms with van der Waals surface area (Å²) in [5.74, 6) is 1.34. The highest BCUT2D eigenvalue weighted by atomic mass is 32.2. The molecule has 0 aliphatic heterocycles. The molecule has 0 bridgehead atoms. The molecule has 0 fully saturated rings. The second kappa shape index (κ2) is 8.41. The average molecular weight is 402 g/mol. The maximum absolute atomic E-state index is 12.5. The third-order valence-corrected chi connectivity index (χ3v) is 5.98. The lowest BCUT2D eigenvalue weighted by Gasteiger charge is -2.10. The van der Waals surface area contributed by atoms with Crippen LogP contribution in [0.3, 0.4) is 0 Å². The number of methoxy groups -OCH3 is 2. The average Bonchev–Trinajstić information content (AvgIpc) is 3.08. The predicted octanol–water partition coefficient (Wildman–Crippen LogP) is 4.25. The van der Waals surface area contributed by atoms with Gasteiger partial charge in [-0.2, -0.15) is 0 Å². The number of thiazole rings is 1. The number of fused-ring (bicyclic) bond motifs is 1. The van der Waals surface area contributed by atoms with E-state index in [1.54, 1.807) is 38.3 Å². The van der Waals surface area contributed by atoms with Gasteiger partial charge < -0.3 is 14.8 Å². The van der Waals surface area contributed by atoms with Crippen LogP contribution in [0.1, 0.15) is 17.3 Å². The Bertz CT molecular complexity index is 1000. The standard InChI is InChI=1S/C19H18N2O4S2/c1-11(22)10-26-19-21-14-6-5-13(9-17(14)27-19)20-18(23)12-4-7-15(24-2)16(8-12)25-3/h4-9H,10H2,1-3H3,(H,20,23). The van der Waals surface area contributed by atoms with Crippen molar-refractivity contribution in [3.05, 3.63) is 42.0 Å². The Morgan fingerprint density at radius 2 is 1.89 bits per heavy atom. The zero-order valence-corrected chi connectivity index (χ0v) is 16.7. The summed E-state index contributed by atoms with van der Waals surface area (Å²) in [5, 5.41) is 2.88. The molecule has 1 amide bonds. The maximum atomic E-state index is 12.5. The fourth-order valence-electron chi connectivity index (χ4n) is 2.39. The SMILES string of the molecule is COc1ccc(C(=O)Nc2ccc3nc(SCC(C)=O)sc3c2)cc1OC. The van der Waals surface area contributed by atoms with Crippen molar-refractivity contribution in [2.24, 2.45) is 0 Å². The van der Waals surface area contributed by atoms with Gasteiger partial charge in [0.05, 0.1) is 30.2 Å². The van der Waals surface area contributed by atoms with Crippen LogP contribution in [0, 0.1) is 0 Å². The molecule has 6 nitrogen and oxygen atoms in total. The first kappa shape index (κ1) is 19.2. The van der Waals surface area contributed by atoms with Crippen molar-refractivity contribution < 1.29 is 19.1 Å². The molecular formula is C19H18N2O4S2. The summed E-state index contributed by atoms with van der Waals surface area (Å²) in [4.78, 5) is 28.2. The van der Waals surface area contributed by atoms with Gasteiger partial charge in [-0.1, -0.05) is 11.8 Å². The Hall–Kier alpha value is -2.58. The van der Waals surface area contributed by atoms with E-state index in [-0.39, 0.29) is 11.7 Å². The summed E-state index contributed by atoms with van der Waals surface area (Å²) < 4.78 is 12.2. The van der Waals surface area contributed by atoms with Gasteiger partial charge in [0, 0.05) is 11.3 Å². The van der Waals surface area contributed by atoms with E-state index in [1.807, 2.05) is 12.1 Å². The number of nitrogens with zero attached hydrogens (tertiary/aromatic N) is 1. The number of hydrogen-bond acceptors (Lipinski definition) is 7. The van der Waals surface area contributed by atoms with Crippen LogP contribution in [0.5, 0.6) is 11.5 Å². The van der Waals surface area contributed by atoms with Crippen LogP contribution in [0.2, 0.25) is 0 Å². The van der Waals surface area contributed by atoms with Crippen LogP contribution >= 0.6 is 23.1 Å². The number of ether oxygens (including phenoxy) is 2. The molecule has 0 radical (unpaired) electrons. The summed E-state index contributed by atoms with van der Waals surface area (Å²) in [6.45, 7) is 1.56. The van der Waals surface area contributed by atoms with Gasteiger partial charge in [-0.05, 0) is 43.3 Å². The second-order valence-corrected chi connectivity index (χ2v) is 7.93. The number of rotatable bonds is 7. The van der Waals surface area contributed by atoms with Crippen molar-refractivity contribution in [2.75, 3.05) is 25.3 Å². The third kappa shape index (κ3) is 4.58. The minimum atomic E-state index is -0.244. The van der Waals surface area contributed by atoms with E-state index in [1.165, 1.54) is 30.2 Å². The van der Waals surface area contributed by atoms with E-state index in [2.05, 4.69) is 10.3 Å². The summed E-state index contributed by atoms with van der Waals surface area (Å²) >= 11 is 2.92. The monoisotopic (exact) mass is 402 g/mol. The van der Waals surface area contributed by atoms with Gasteiger partial charge in [-0.3, -0.25) is 9.59 Å². The summed E-state index contributed by atoms with van der Waals surface area (Å²) in [6.07, 6.45) is 0. The molecule has 0 aliphatic carbocycles. The molecule has 0 spiro atoms. The van der Waals surface area contributed by atoms with E-state index in [9.17, 15) is 9.59 Å². The van der Waals surface area contributed by atoms with E-state index < -0.39 is 0 Å². The molecule has 0 saturated carbocycles. The molecule has 0 aliphatic rings. The van der Waals surface area contributed by atoms with Crippen LogP contribution in [0.4, 0.5) is 5.69 Å². The van der Waals surface area contributed by atoms with E-state index in [0.29, 0.717) is 28.5 Å². The van der Waals surface area contributed by atoms with Crippen molar-refractivity contribution >= 4 is 50.7 Å². The number of anilines is 1. The first-order valence-electron chi connectivity index (χ1n) is 8.06. The zero-order valence-electron chi connectivity index (χ0n) is 15.1. The molecule has 1 heterocycles. The lowest BCUT2D eigenvalue weighted by Crippen LogP contribution is -2.12. The number of hydrogen-bond donors (Lipinski definition) is 1. The van der Waals surface area contributed by atoms with Gasteiger partial charge in [0.1, 0.15) is 5.78 Å². The van der Waals surface area contributed by atoms with Crippen LogP contribution in [-0.4, -0.2) is 36.6 Å².